The zero-order valence-electron chi connectivity index (χ0n) is 4.85. The van der Waals surface area contributed by atoms with Crippen LogP contribution in [0.5, 0.6) is 0 Å². The van der Waals surface area contributed by atoms with E-state index in [4.69, 9.17) is 0 Å². The number of hydrogen-bond donors (Lipinski definition) is 0. The average Bonchev–Trinajstić information content (AvgIpc) is 1.68. The molecule has 0 N–H and O–H groups in total. The predicted molar refractivity (Wildman–Crippen MR) is 31.8 cm³/mol. The second kappa shape index (κ2) is 7.57. The number of carbonyl (C=O) groups excluding carboxylic acids is 1. The third-order valence-electron chi connectivity index (χ3n) is 0.609. The quantitative estimate of drug-likeness (QED) is 0.527. The van der Waals surface area contributed by atoms with Crippen LogP contribution in [0.1, 0.15) is 6.42 Å². The molecule has 0 saturated heterocycles. The van der Waals surface area contributed by atoms with E-state index in [0.717, 1.165) is 5.02 Å². The third kappa shape index (κ3) is 6.57. The number of carbonyl (C=O) groups is 1. The Bertz CT molecular complexity index is 67.1. The zero-order valence-corrected chi connectivity index (χ0v) is 9.53. The van der Waals surface area contributed by atoms with Crippen molar-refractivity contribution in [2.24, 2.45) is 0 Å². The van der Waals surface area contributed by atoms with Gasteiger partial charge in [-0.05, 0) is 0 Å². The molecule has 0 radical (unpaired) electrons. The van der Waals surface area contributed by atoms with E-state index in [1.54, 1.807) is 0 Å². The molecule has 0 aromatic rings. The van der Waals surface area contributed by atoms with Crippen LogP contribution in [0, 0.1) is 0 Å². The van der Waals surface area contributed by atoms with Crippen LogP contribution < -0.4 is 0 Å². The van der Waals surface area contributed by atoms with Crippen LogP contribution in [-0.4, -0.2) is 13.1 Å². The average molecular weight is 233 g/mol. The number of hydrogen-bond acceptors (Lipinski definition) is 2. The van der Waals surface area contributed by atoms with E-state index in [2.05, 4.69) is 4.74 Å². The van der Waals surface area contributed by atoms with Crippen LogP contribution in [0.2, 0.25) is 5.02 Å². The molecule has 4 heteroatoms. The molecular formula is C4H8BrO2Zn. The van der Waals surface area contributed by atoms with Crippen LogP contribution in [0.4, 0.5) is 0 Å². The maximum atomic E-state index is 10.2. The Hall–Kier alpha value is 0.573. The van der Waals surface area contributed by atoms with E-state index in [-0.39, 0.29) is 23.0 Å². The Morgan fingerprint density at radius 3 is 2.38 bits per heavy atom. The fourth-order valence-electron chi connectivity index (χ4n) is 0.246. The molecule has 0 aliphatic rings. The summed E-state index contributed by atoms with van der Waals surface area (Å²) in [6.07, 6.45) is 0.594. The Morgan fingerprint density at radius 2 is 2.25 bits per heavy atom. The summed E-state index contributed by atoms with van der Waals surface area (Å²) >= 11 is 1.18. The monoisotopic (exact) mass is 231 g/mol. The first-order chi connectivity index (χ1) is 3.31. The van der Waals surface area contributed by atoms with E-state index >= 15 is 0 Å². The summed E-state index contributed by atoms with van der Waals surface area (Å²) in [6.45, 7) is 0. The molecule has 0 aliphatic carbocycles. The molecule has 0 aromatic carbocycles. The molecule has 0 heterocycles. The molecule has 0 unspecified atom stereocenters. The Labute approximate surface area is 69.4 Å². The maximum absolute atomic E-state index is 10.2. The van der Waals surface area contributed by atoms with Gasteiger partial charge in [-0.2, -0.15) is 0 Å². The van der Waals surface area contributed by atoms with E-state index in [0.29, 0.717) is 6.42 Å². The van der Waals surface area contributed by atoms with Crippen molar-refractivity contribution in [2.45, 2.75) is 11.4 Å². The molecule has 0 fully saturated rings. The fraction of sp³-hybridized carbons (Fsp3) is 0.750. The van der Waals surface area contributed by atoms with Crippen molar-refractivity contribution in [3.63, 3.8) is 0 Å². The predicted octanol–water partition coefficient (Wildman–Crippen LogP) is 1.09. The summed E-state index contributed by atoms with van der Waals surface area (Å²) < 4.78 is 4.37. The second-order valence-electron chi connectivity index (χ2n) is 1.18. The molecule has 0 aromatic heterocycles. The van der Waals surface area contributed by atoms with Gasteiger partial charge in [-0.15, -0.1) is 17.0 Å². The number of rotatable bonds is 2. The second-order valence-corrected chi connectivity index (χ2v) is 2.66. The Kier molecular flexibility index (Phi) is 10.8. The summed E-state index contributed by atoms with van der Waals surface area (Å²) in [7, 11) is 1.41. The molecule has 2 nitrogen and oxygen atoms in total. The van der Waals surface area contributed by atoms with Crippen molar-refractivity contribution in [3.8, 4) is 0 Å². The Balaban J connectivity index is 0. The van der Waals surface area contributed by atoms with Crippen molar-refractivity contribution < 1.29 is 27.8 Å². The standard InChI is InChI=1S/C4H7O2.BrH.Zn/c1-3-4(5)6-2;;/h1,3H2,2H3;1H;. The molecule has 0 aliphatic heterocycles. The first-order valence-corrected chi connectivity index (χ1v) is 4.27. The van der Waals surface area contributed by atoms with Gasteiger partial charge >= 0.3 is 52.3 Å². The topological polar surface area (TPSA) is 26.3 Å². The normalized spacial score (nSPS) is 7.38. The minimum atomic E-state index is -0.0914. The van der Waals surface area contributed by atoms with E-state index < -0.39 is 0 Å². The summed E-state index contributed by atoms with van der Waals surface area (Å²) in [5.41, 5.74) is 0. The number of halogens is 1. The SMILES string of the molecule is Br.COC(=O)C[CH2][Zn]. The van der Waals surface area contributed by atoms with Crippen molar-refractivity contribution in [3.05, 3.63) is 0 Å². The van der Waals surface area contributed by atoms with Gasteiger partial charge in [-0.3, -0.25) is 0 Å². The summed E-state index contributed by atoms with van der Waals surface area (Å²) in [4.78, 5) is 10.2. The van der Waals surface area contributed by atoms with Crippen molar-refractivity contribution >= 4 is 23.0 Å². The van der Waals surface area contributed by atoms with Crippen molar-refractivity contribution in [1.29, 1.82) is 0 Å². The van der Waals surface area contributed by atoms with Gasteiger partial charge in [0, 0.05) is 0 Å². The molecule has 8 heavy (non-hydrogen) atoms. The molecule has 0 atom stereocenters. The molecule has 0 spiro atoms. The van der Waals surface area contributed by atoms with E-state index in [1.165, 1.54) is 25.4 Å². The van der Waals surface area contributed by atoms with Gasteiger partial charge in [0.05, 0.1) is 0 Å². The number of esters is 1. The van der Waals surface area contributed by atoms with Gasteiger partial charge in [0.2, 0.25) is 0 Å². The van der Waals surface area contributed by atoms with E-state index in [1.807, 2.05) is 0 Å². The first kappa shape index (κ1) is 11.4. The van der Waals surface area contributed by atoms with Crippen molar-refractivity contribution in [1.82, 2.24) is 0 Å². The number of methoxy groups -OCH3 is 1. The third-order valence-corrected chi connectivity index (χ3v) is 1.35. The van der Waals surface area contributed by atoms with Crippen LogP contribution in [0.15, 0.2) is 0 Å². The zero-order chi connectivity index (χ0) is 5.70. The van der Waals surface area contributed by atoms with Gasteiger partial charge < -0.3 is 0 Å². The fourth-order valence-corrected chi connectivity index (χ4v) is 0.852. The van der Waals surface area contributed by atoms with Crippen LogP contribution >= 0.6 is 17.0 Å². The van der Waals surface area contributed by atoms with Crippen LogP contribution in [0.25, 0.3) is 0 Å². The van der Waals surface area contributed by atoms with Gasteiger partial charge in [0.25, 0.3) is 0 Å². The molecule has 0 saturated carbocycles. The summed E-state index contributed by atoms with van der Waals surface area (Å²) in [5.74, 6) is -0.0914. The summed E-state index contributed by atoms with van der Waals surface area (Å²) in [6, 6.07) is 0. The van der Waals surface area contributed by atoms with Gasteiger partial charge in [-0.1, -0.05) is 0 Å². The molecule has 0 bridgehead atoms. The molecule has 45 valence electrons. The molecule has 0 amide bonds. The van der Waals surface area contributed by atoms with Gasteiger partial charge in [0.1, 0.15) is 0 Å². The van der Waals surface area contributed by atoms with Crippen LogP contribution in [0.3, 0.4) is 0 Å². The summed E-state index contributed by atoms with van der Waals surface area (Å²) in [5, 5.41) is 0.993. The van der Waals surface area contributed by atoms with Gasteiger partial charge in [-0.25, -0.2) is 0 Å². The minimum absolute atomic E-state index is 0. The first-order valence-electron chi connectivity index (χ1n) is 2.17. The van der Waals surface area contributed by atoms with Crippen LogP contribution in [-0.2, 0) is 27.8 Å². The van der Waals surface area contributed by atoms with E-state index in [9.17, 15) is 4.79 Å². The molecule has 0 rings (SSSR count). The number of ether oxygens (including phenoxy) is 1. The molecular weight excluding hydrogens is 225 g/mol. The van der Waals surface area contributed by atoms with Crippen molar-refractivity contribution in [2.75, 3.05) is 7.11 Å². The van der Waals surface area contributed by atoms with Gasteiger partial charge in [0.15, 0.2) is 0 Å². The Morgan fingerprint density at radius 1 is 1.75 bits per heavy atom.